The fourth-order valence-electron chi connectivity index (χ4n) is 1.43. The van der Waals surface area contributed by atoms with Crippen LogP contribution in [0, 0.1) is 0 Å². The first-order chi connectivity index (χ1) is 7.41. The molecule has 5 heteroatoms. The first-order valence-corrected chi connectivity index (χ1v) is 5.62. The summed E-state index contributed by atoms with van der Waals surface area (Å²) in [5.41, 5.74) is 0. The fourth-order valence-corrected chi connectivity index (χ4v) is 1.43. The minimum Gasteiger partial charge on any atom is -0.352 e. The molecule has 16 heavy (non-hydrogen) atoms. The Labute approximate surface area is 96.8 Å². The minimum absolute atomic E-state index is 0.00315. The summed E-state index contributed by atoms with van der Waals surface area (Å²) in [5.74, 6) is 0.0186. The molecule has 0 aliphatic heterocycles. The second-order valence-corrected chi connectivity index (χ2v) is 4.67. The van der Waals surface area contributed by atoms with Crippen LogP contribution in [0.1, 0.15) is 19.8 Å². The lowest BCUT2D eigenvalue weighted by atomic mass is 10.2. The third-order valence-corrected chi connectivity index (χ3v) is 2.79. The van der Waals surface area contributed by atoms with Gasteiger partial charge in [0.2, 0.25) is 11.8 Å². The lowest BCUT2D eigenvalue weighted by molar-refractivity contribution is -0.134. The van der Waals surface area contributed by atoms with E-state index in [1.165, 1.54) is 0 Å². The predicted octanol–water partition coefficient (Wildman–Crippen LogP) is -0.326. The standard InChI is InChI=1S/C11H21N3O2/c1-8(11(16)13(2)3)14(4)7-10(15)12-9-5-6-9/h8-9H,5-7H2,1-4H3,(H,12,15). The zero-order valence-electron chi connectivity index (χ0n) is 10.5. The van der Waals surface area contributed by atoms with Crippen LogP contribution in [0.2, 0.25) is 0 Å². The third kappa shape index (κ3) is 3.81. The number of hydrogen-bond donors (Lipinski definition) is 1. The van der Waals surface area contributed by atoms with Crippen molar-refractivity contribution in [1.29, 1.82) is 0 Å². The van der Waals surface area contributed by atoms with Crippen molar-refractivity contribution >= 4 is 11.8 Å². The van der Waals surface area contributed by atoms with Gasteiger partial charge in [-0.25, -0.2) is 0 Å². The number of nitrogens with zero attached hydrogens (tertiary/aromatic N) is 2. The predicted molar refractivity (Wildman–Crippen MR) is 62.0 cm³/mol. The highest BCUT2D eigenvalue weighted by atomic mass is 16.2. The Kier molecular flexibility index (Phi) is 4.29. The van der Waals surface area contributed by atoms with Gasteiger partial charge in [0.25, 0.3) is 0 Å². The van der Waals surface area contributed by atoms with Gasteiger partial charge in [-0.1, -0.05) is 0 Å². The molecule has 2 amide bonds. The van der Waals surface area contributed by atoms with E-state index in [1.54, 1.807) is 30.9 Å². The highest BCUT2D eigenvalue weighted by Gasteiger charge is 2.26. The molecule has 1 atom stereocenters. The summed E-state index contributed by atoms with van der Waals surface area (Å²) in [7, 11) is 5.23. The minimum atomic E-state index is -0.264. The van der Waals surface area contributed by atoms with Crippen molar-refractivity contribution in [2.24, 2.45) is 0 Å². The first kappa shape index (κ1) is 13.0. The molecule has 1 N–H and O–H groups in total. The monoisotopic (exact) mass is 227 g/mol. The average molecular weight is 227 g/mol. The van der Waals surface area contributed by atoms with Gasteiger partial charge in [0, 0.05) is 20.1 Å². The smallest absolute Gasteiger partial charge is 0.239 e. The number of carbonyl (C=O) groups is 2. The van der Waals surface area contributed by atoms with E-state index in [0.717, 1.165) is 12.8 Å². The molecule has 0 aromatic rings. The molecule has 92 valence electrons. The molecule has 1 aliphatic rings. The van der Waals surface area contributed by atoms with Gasteiger partial charge >= 0.3 is 0 Å². The van der Waals surface area contributed by atoms with Gasteiger partial charge in [-0.2, -0.15) is 0 Å². The van der Waals surface area contributed by atoms with Crippen molar-refractivity contribution in [3.63, 3.8) is 0 Å². The van der Waals surface area contributed by atoms with E-state index in [4.69, 9.17) is 0 Å². The molecule has 0 spiro atoms. The molecule has 0 saturated heterocycles. The SMILES string of the molecule is CC(C(=O)N(C)C)N(C)CC(=O)NC1CC1. The van der Waals surface area contributed by atoms with Crippen molar-refractivity contribution in [2.45, 2.75) is 31.8 Å². The van der Waals surface area contributed by atoms with Gasteiger partial charge in [0.1, 0.15) is 0 Å². The average Bonchev–Trinajstić information content (AvgIpc) is 2.98. The summed E-state index contributed by atoms with van der Waals surface area (Å²) in [5, 5.41) is 2.90. The maximum atomic E-state index is 11.7. The van der Waals surface area contributed by atoms with Crippen LogP contribution in [0.4, 0.5) is 0 Å². The highest BCUT2D eigenvalue weighted by Crippen LogP contribution is 2.18. The molecule has 0 heterocycles. The zero-order valence-corrected chi connectivity index (χ0v) is 10.5. The van der Waals surface area contributed by atoms with Crippen molar-refractivity contribution in [3.8, 4) is 0 Å². The molecule has 0 radical (unpaired) electrons. The summed E-state index contributed by atoms with van der Waals surface area (Å²) in [4.78, 5) is 26.5. The zero-order chi connectivity index (χ0) is 12.3. The van der Waals surface area contributed by atoms with Gasteiger partial charge in [0.05, 0.1) is 12.6 Å². The van der Waals surface area contributed by atoms with E-state index in [-0.39, 0.29) is 24.4 Å². The molecule has 0 aromatic heterocycles. The van der Waals surface area contributed by atoms with Crippen molar-refractivity contribution in [2.75, 3.05) is 27.7 Å². The molecule has 0 aromatic carbocycles. The van der Waals surface area contributed by atoms with E-state index >= 15 is 0 Å². The van der Waals surface area contributed by atoms with Gasteiger partial charge in [-0.15, -0.1) is 0 Å². The van der Waals surface area contributed by atoms with E-state index in [9.17, 15) is 9.59 Å². The molecular formula is C11H21N3O2. The Morgan fingerprint density at radius 2 is 1.88 bits per heavy atom. The van der Waals surface area contributed by atoms with Crippen LogP contribution in [0.25, 0.3) is 0 Å². The topological polar surface area (TPSA) is 52.7 Å². The summed E-state index contributed by atoms with van der Waals surface area (Å²) >= 11 is 0. The molecule has 1 unspecified atom stereocenters. The second kappa shape index (κ2) is 5.30. The Morgan fingerprint density at radius 1 is 1.31 bits per heavy atom. The second-order valence-electron chi connectivity index (χ2n) is 4.67. The number of hydrogen-bond acceptors (Lipinski definition) is 3. The molecular weight excluding hydrogens is 206 g/mol. The maximum absolute atomic E-state index is 11.7. The summed E-state index contributed by atoms with van der Waals surface area (Å²) in [6.45, 7) is 2.09. The lowest BCUT2D eigenvalue weighted by Gasteiger charge is -2.25. The quantitative estimate of drug-likeness (QED) is 0.700. The van der Waals surface area contributed by atoms with Crippen molar-refractivity contribution in [1.82, 2.24) is 15.1 Å². The molecule has 1 fully saturated rings. The van der Waals surface area contributed by atoms with Gasteiger partial charge in [0.15, 0.2) is 0 Å². The number of likely N-dealkylation sites (N-methyl/N-ethyl adjacent to an activating group) is 2. The van der Waals surface area contributed by atoms with E-state index in [0.29, 0.717) is 6.04 Å². The number of amides is 2. The van der Waals surface area contributed by atoms with Gasteiger partial charge in [-0.3, -0.25) is 14.5 Å². The highest BCUT2D eigenvalue weighted by molar-refractivity contribution is 5.83. The molecule has 5 nitrogen and oxygen atoms in total. The van der Waals surface area contributed by atoms with E-state index < -0.39 is 0 Å². The van der Waals surface area contributed by atoms with E-state index in [1.807, 2.05) is 6.92 Å². The number of nitrogens with one attached hydrogen (secondary N) is 1. The van der Waals surface area contributed by atoms with Crippen LogP contribution in [0.5, 0.6) is 0 Å². The number of carbonyl (C=O) groups excluding carboxylic acids is 2. The Bertz CT molecular complexity index is 274. The Balaban J connectivity index is 2.34. The molecule has 1 saturated carbocycles. The fraction of sp³-hybridized carbons (Fsp3) is 0.818. The third-order valence-electron chi connectivity index (χ3n) is 2.79. The van der Waals surface area contributed by atoms with Crippen LogP contribution in [-0.2, 0) is 9.59 Å². The summed E-state index contributed by atoms with van der Waals surface area (Å²) in [6.07, 6.45) is 2.17. The van der Waals surface area contributed by atoms with Crippen LogP contribution in [0.3, 0.4) is 0 Å². The first-order valence-electron chi connectivity index (χ1n) is 5.62. The molecule has 0 bridgehead atoms. The van der Waals surface area contributed by atoms with Crippen molar-refractivity contribution < 1.29 is 9.59 Å². The Morgan fingerprint density at radius 3 is 2.31 bits per heavy atom. The maximum Gasteiger partial charge on any atom is 0.239 e. The van der Waals surface area contributed by atoms with Crippen molar-refractivity contribution in [3.05, 3.63) is 0 Å². The van der Waals surface area contributed by atoms with Crippen LogP contribution >= 0.6 is 0 Å². The van der Waals surface area contributed by atoms with Crippen LogP contribution < -0.4 is 5.32 Å². The summed E-state index contributed by atoms with van der Waals surface area (Å²) < 4.78 is 0. The van der Waals surface area contributed by atoms with Gasteiger partial charge < -0.3 is 10.2 Å². The normalized spacial score (nSPS) is 17.1. The van der Waals surface area contributed by atoms with Crippen LogP contribution in [-0.4, -0.2) is 61.4 Å². The molecule has 1 rings (SSSR count). The lowest BCUT2D eigenvalue weighted by Crippen LogP contribution is -2.46. The van der Waals surface area contributed by atoms with E-state index in [2.05, 4.69) is 5.32 Å². The summed E-state index contributed by atoms with van der Waals surface area (Å²) in [6, 6.07) is 0.112. The number of rotatable bonds is 5. The van der Waals surface area contributed by atoms with Gasteiger partial charge in [-0.05, 0) is 26.8 Å². The van der Waals surface area contributed by atoms with Crippen LogP contribution in [0.15, 0.2) is 0 Å². The molecule has 1 aliphatic carbocycles. The Hall–Kier alpha value is -1.10. The largest absolute Gasteiger partial charge is 0.352 e.